The van der Waals surface area contributed by atoms with Gasteiger partial charge in [0.25, 0.3) is 0 Å². The topological polar surface area (TPSA) is 29.1 Å². The molecule has 1 N–H and O–H groups in total. The van der Waals surface area contributed by atoms with Crippen LogP contribution in [0.2, 0.25) is 0 Å². The van der Waals surface area contributed by atoms with Crippen molar-refractivity contribution in [3.63, 3.8) is 0 Å². The average Bonchev–Trinajstić information content (AvgIpc) is 2.52. The predicted molar refractivity (Wildman–Crippen MR) is 93.7 cm³/mol. The van der Waals surface area contributed by atoms with Crippen molar-refractivity contribution in [2.75, 3.05) is 6.54 Å². The van der Waals surface area contributed by atoms with Gasteiger partial charge in [-0.2, -0.15) is 0 Å². The zero-order chi connectivity index (χ0) is 16.6. The van der Waals surface area contributed by atoms with Gasteiger partial charge in [-0.05, 0) is 80.3 Å². The second-order valence-corrected chi connectivity index (χ2v) is 8.31. The van der Waals surface area contributed by atoms with Crippen molar-refractivity contribution in [2.24, 2.45) is 23.2 Å². The number of carbonyl (C=O) groups excluding carboxylic acids is 1. The molecule has 0 aromatic heterocycles. The van der Waals surface area contributed by atoms with Gasteiger partial charge in [0.15, 0.2) is 0 Å². The Morgan fingerprint density at radius 3 is 2.38 bits per heavy atom. The molecule has 4 saturated carbocycles. The van der Waals surface area contributed by atoms with Crippen LogP contribution in [0.3, 0.4) is 0 Å². The highest BCUT2D eigenvalue weighted by Gasteiger charge is 2.50. The van der Waals surface area contributed by atoms with Gasteiger partial charge in [-0.15, -0.1) is 0 Å². The van der Waals surface area contributed by atoms with Crippen LogP contribution in [0.1, 0.15) is 50.5 Å². The molecule has 0 saturated heterocycles. The molecule has 0 spiro atoms. The molecule has 1 aromatic carbocycles. The van der Waals surface area contributed by atoms with Crippen LogP contribution in [-0.4, -0.2) is 12.5 Å². The molecule has 1 aromatic rings. The molecule has 0 heterocycles. The minimum atomic E-state index is -0.296. The maximum atomic E-state index is 13.5. The third-order valence-electron chi connectivity index (χ3n) is 6.44. The maximum absolute atomic E-state index is 13.5. The van der Waals surface area contributed by atoms with E-state index in [1.54, 1.807) is 24.3 Å². The molecule has 0 radical (unpaired) electrons. The summed E-state index contributed by atoms with van der Waals surface area (Å²) < 4.78 is 13.5. The van der Waals surface area contributed by atoms with Gasteiger partial charge < -0.3 is 5.32 Å². The van der Waals surface area contributed by atoms with E-state index in [4.69, 9.17) is 0 Å². The van der Waals surface area contributed by atoms with Gasteiger partial charge in [0.1, 0.15) is 5.82 Å². The second-order valence-electron chi connectivity index (χ2n) is 8.31. The maximum Gasteiger partial charge on any atom is 0.244 e. The van der Waals surface area contributed by atoms with Crippen molar-refractivity contribution in [2.45, 2.75) is 44.9 Å². The molecule has 4 aliphatic carbocycles. The molecule has 128 valence electrons. The van der Waals surface area contributed by atoms with Crippen molar-refractivity contribution in [3.05, 3.63) is 41.7 Å². The molecular weight excluding hydrogens is 301 g/mol. The van der Waals surface area contributed by atoms with Gasteiger partial charge >= 0.3 is 0 Å². The molecular formula is C21H26FNO. The standard InChI is InChI=1S/C21H26FNO/c22-19-4-2-1-3-18(19)5-6-20(24)23-8-7-21-12-15-9-16(13-21)11-17(10-15)14-21/h1-6,15-17H,7-14H2,(H,23,24)/b6-5+. The fourth-order valence-corrected chi connectivity index (χ4v) is 5.88. The van der Waals surface area contributed by atoms with Crippen LogP contribution in [-0.2, 0) is 4.79 Å². The third-order valence-corrected chi connectivity index (χ3v) is 6.44. The zero-order valence-electron chi connectivity index (χ0n) is 14.1. The lowest BCUT2D eigenvalue weighted by Gasteiger charge is -2.57. The minimum Gasteiger partial charge on any atom is -0.353 e. The molecule has 0 unspecified atom stereocenters. The number of halogens is 1. The smallest absolute Gasteiger partial charge is 0.244 e. The normalized spacial score (nSPS) is 34.0. The Labute approximate surface area is 143 Å². The fourth-order valence-electron chi connectivity index (χ4n) is 5.88. The van der Waals surface area contributed by atoms with Crippen LogP contribution in [0.5, 0.6) is 0 Å². The van der Waals surface area contributed by atoms with Crippen LogP contribution >= 0.6 is 0 Å². The van der Waals surface area contributed by atoms with Crippen molar-refractivity contribution in [3.8, 4) is 0 Å². The minimum absolute atomic E-state index is 0.122. The summed E-state index contributed by atoms with van der Waals surface area (Å²) in [6.07, 6.45) is 12.6. The summed E-state index contributed by atoms with van der Waals surface area (Å²) in [5.41, 5.74) is 0.950. The SMILES string of the molecule is O=C(/C=C/c1ccccc1F)NCCC12CC3CC(CC(C3)C1)C2. The first kappa shape index (κ1) is 15.9. The van der Waals surface area contributed by atoms with E-state index in [2.05, 4.69) is 5.32 Å². The Bertz CT molecular complexity index is 616. The van der Waals surface area contributed by atoms with Crippen LogP contribution in [0.15, 0.2) is 30.3 Å². The summed E-state index contributed by atoms with van der Waals surface area (Å²) in [6, 6.07) is 6.51. The van der Waals surface area contributed by atoms with E-state index in [-0.39, 0.29) is 11.7 Å². The molecule has 4 fully saturated rings. The molecule has 4 bridgehead atoms. The lowest BCUT2D eigenvalue weighted by atomic mass is 9.49. The fraction of sp³-hybridized carbons (Fsp3) is 0.571. The molecule has 2 nitrogen and oxygen atoms in total. The third kappa shape index (κ3) is 3.26. The van der Waals surface area contributed by atoms with Crippen molar-refractivity contribution < 1.29 is 9.18 Å². The summed E-state index contributed by atoms with van der Waals surface area (Å²) in [6.45, 7) is 0.743. The Morgan fingerprint density at radius 1 is 1.12 bits per heavy atom. The molecule has 4 aliphatic rings. The van der Waals surface area contributed by atoms with E-state index in [0.29, 0.717) is 11.0 Å². The lowest BCUT2D eigenvalue weighted by molar-refractivity contribution is -0.116. The number of benzene rings is 1. The van der Waals surface area contributed by atoms with Gasteiger partial charge in [-0.25, -0.2) is 4.39 Å². The number of hydrogen-bond donors (Lipinski definition) is 1. The average molecular weight is 327 g/mol. The van der Waals surface area contributed by atoms with Crippen molar-refractivity contribution in [1.29, 1.82) is 0 Å². The van der Waals surface area contributed by atoms with Gasteiger partial charge in [0.2, 0.25) is 5.91 Å². The highest BCUT2D eigenvalue weighted by atomic mass is 19.1. The monoisotopic (exact) mass is 327 g/mol. The van der Waals surface area contributed by atoms with Gasteiger partial charge in [0, 0.05) is 18.2 Å². The van der Waals surface area contributed by atoms with Crippen LogP contribution < -0.4 is 5.32 Å². The Balaban J connectivity index is 1.28. The van der Waals surface area contributed by atoms with Crippen LogP contribution in [0.4, 0.5) is 4.39 Å². The van der Waals surface area contributed by atoms with E-state index in [9.17, 15) is 9.18 Å². The first-order valence-electron chi connectivity index (χ1n) is 9.32. The van der Waals surface area contributed by atoms with Gasteiger partial charge in [-0.3, -0.25) is 4.79 Å². The molecule has 0 aliphatic heterocycles. The Hall–Kier alpha value is -1.64. The Morgan fingerprint density at radius 2 is 1.75 bits per heavy atom. The predicted octanol–water partition coefficient (Wildman–Crippen LogP) is 4.56. The first-order valence-corrected chi connectivity index (χ1v) is 9.32. The largest absolute Gasteiger partial charge is 0.353 e. The first-order chi connectivity index (χ1) is 11.6. The quantitative estimate of drug-likeness (QED) is 0.789. The summed E-state index contributed by atoms with van der Waals surface area (Å²) in [5, 5.41) is 3.00. The van der Waals surface area contributed by atoms with E-state index in [1.807, 2.05) is 0 Å². The number of amides is 1. The highest BCUT2D eigenvalue weighted by Crippen LogP contribution is 2.61. The number of carbonyl (C=O) groups is 1. The number of nitrogens with one attached hydrogen (secondary N) is 1. The summed E-state index contributed by atoms with van der Waals surface area (Å²) in [7, 11) is 0. The zero-order valence-corrected chi connectivity index (χ0v) is 14.1. The summed E-state index contributed by atoms with van der Waals surface area (Å²) >= 11 is 0. The number of hydrogen-bond acceptors (Lipinski definition) is 1. The van der Waals surface area contributed by atoms with Gasteiger partial charge in [-0.1, -0.05) is 18.2 Å². The van der Waals surface area contributed by atoms with Crippen LogP contribution in [0.25, 0.3) is 6.08 Å². The molecule has 5 rings (SSSR count). The second kappa shape index (κ2) is 6.34. The van der Waals surface area contributed by atoms with E-state index in [1.165, 1.54) is 50.7 Å². The molecule has 1 amide bonds. The molecule has 0 atom stereocenters. The van der Waals surface area contributed by atoms with Crippen molar-refractivity contribution >= 4 is 12.0 Å². The number of rotatable bonds is 5. The summed E-state index contributed by atoms with van der Waals surface area (Å²) in [5.74, 6) is 2.44. The highest BCUT2D eigenvalue weighted by molar-refractivity contribution is 5.91. The molecule has 3 heteroatoms. The lowest BCUT2D eigenvalue weighted by Crippen LogP contribution is -2.47. The Kier molecular flexibility index (Phi) is 4.19. The van der Waals surface area contributed by atoms with E-state index >= 15 is 0 Å². The van der Waals surface area contributed by atoms with Crippen LogP contribution in [0, 0.1) is 29.0 Å². The van der Waals surface area contributed by atoms with Gasteiger partial charge in [0.05, 0.1) is 0 Å². The summed E-state index contributed by atoms with van der Waals surface area (Å²) in [4.78, 5) is 12.0. The van der Waals surface area contributed by atoms with E-state index in [0.717, 1.165) is 30.7 Å². The van der Waals surface area contributed by atoms with E-state index < -0.39 is 0 Å². The van der Waals surface area contributed by atoms with Crippen molar-refractivity contribution in [1.82, 2.24) is 5.32 Å². The molecule has 24 heavy (non-hydrogen) atoms.